The molecule has 31 heteroatoms. The van der Waals surface area contributed by atoms with Crippen molar-refractivity contribution in [2.45, 2.75) is 133 Å². The van der Waals surface area contributed by atoms with Gasteiger partial charge in [0.1, 0.15) is 29.9 Å². The molecule has 6 aromatic heterocycles. The Kier molecular flexibility index (Phi) is 24.7. The van der Waals surface area contributed by atoms with Crippen LogP contribution in [0.5, 0.6) is 17.6 Å². The monoisotopic (exact) mass is 1380 g/mol. The van der Waals surface area contributed by atoms with Crippen LogP contribution in [0.25, 0.3) is 0 Å². The predicted octanol–water partition coefficient (Wildman–Crippen LogP) is 5.72. The third-order valence-electron chi connectivity index (χ3n) is 18.7. The Labute approximate surface area is 578 Å². The normalized spacial score (nSPS) is 20.0. The molecule has 0 saturated carbocycles. The first-order chi connectivity index (χ1) is 48.2. The van der Waals surface area contributed by atoms with Crippen LogP contribution in [0.1, 0.15) is 158 Å². The summed E-state index contributed by atoms with van der Waals surface area (Å²) in [5, 5.41) is 88.8. The van der Waals surface area contributed by atoms with Crippen molar-refractivity contribution in [3.05, 3.63) is 142 Å². The lowest BCUT2D eigenvalue weighted by atomic mass is 10.0. The number of aliphatic carboxylic acids is 2. The van der Waals surface area contributed by atoms with Crippen LogP contribution in [0.2, 0.25) is 0 Å². The summed E-state index contributed by atoms with van der Waals surface area (Å²) < 4.78 is 15.3. The fourth-order valence-electron chi connectivity index (χ4n) is 13.2. The number of aliphatic hydroxyl groups excluding tert-OH is 6. The average Bonchev–Trinajstić information content (AvgIpc) is 1.78. The number of carbonyl (C=O) groups excluding carboxylic acids is 3. The number of rotatable bonds is 26. The molecule has 536 valence electrons. The van der Waals surface area contributed by atoms with E-state index >= 15 is 0 Å². The number of ether oxygens (including phenoxy) is 3. The number of hydrogen-bond donors (Lipinski definition) is 11. The van der Waals surface area contributed by atoms with Crippen molar-refractivity contribution in [3.8, 4) is 17.6 Å². The van der Waals surface area contributed by atoms with Gasteiger partial charge in [0.15, 0.2) is 0 Å². The topological polar surface area (TPSA) is 408 Å². The van der Waals surface area contributed by atoms with Gasteiger partial charge in [-0.25, -0.2) is 44.3 Å². The minimum absolute atomic E-state index is 0.0249. The van der Waals surface area contributed by atoms with Crippen molar-refractivity contribution in [2.24, 2.45) is 0 Å². The fraction of sp³-hybridized carbons (Fsp3) is 0.493. The molecule has 6 aromatic rings. The van der Waals surface area contributed by atoms with E-state index in [-0.39, 0.29) is 49.8 Å². The number of aryl methyl sites for hydroxylation is 2. The number of amides is 6. The summed E-state index contributed by atoms with van der Waals surface area (Å²) in [6.45, 7) is 6.96. The van der Waals surface area contributed by atoms with Crippen LogP contribution in [0, 0.1) is 0 Å². The van der Waals surface area contributed by atoms with E-state index in [0.29, 0.717) is 167 Å². The summed E-state index contributed by atoms with van der Waals surface area (Å²) in [4.78, 5) is 98.3. The van der Waals surface area contributed by atoms with Crippen LogP contribution in [0.4, 0.5) is 31.8 Å². The summed E-state index contributed by atoms with van der Waals surface area (Å²) in [7, 11) is 4.57. The molecule has 0 spiro atoms. The van der Waals surface area contributed by atoms with Gasteiger partial charge in [-0.2, -0.15) is 0 Å². The van der Waals surface area contributed by atoms with Gasteiger partial charge in [-0.15, -0.1) is 0 Å². The van der Waals surface area contributed by atoms with E-state index in [1.807, 2.05) is 41.3 Å². The summed E-state index contributed by atoms with van der Waals surface area (Å²) in [6.07, 6.45) is 4.91. The molecule has 11 N–H and O–H groups in total. The SMILES string of the molecule is CCC(c1ccc(OC)nc1)N1CCN(CCC(O)c2ccc3c(n2)NCCC3O)C1=O.COc1ccc(C(CC(=O)O)N2CCN(CCC(O)c3ccc4c(n3)NC(O)CC4)C2=O)cn1.COc1ccc(C(CC(=O)O)N2CCN(CCCc3ccc4c(n3)NC(O)CC4O)C2=O)cn1. The lowest BCUT2D eigenvalue weighted by Crippen LogP contribution is -2.36. The number of pyridine rings is 6. The molecule has 0 aromatic carbocycles. The Morgan fingerprint density at radius 1 is 0.540 bits per heavy atom. The molecule has 100 heavy (non-hydrogen) atoms. The van der Waals surface area contributed by atoms with Gasteiger partial charge in [0.2, 0.25) is 17.6 Å². The smallest absolute Gasteiger partial charge is 0.320 e. The van der Waals surface area contributed by atoms with Gasteiger partial charge in [-0.3, -0.25) is 9.59 Å². The number of methoxy groups -OCH3 is 3. The number of carboxylic acids is 2. The van der Waals surface area contributed by atoms with Gasteiger partial charge >= 0.3 is 30.0 Å². The van der Waals surface area contributed by atoms with E-state index in [9.17, 15) is 64.8 Å². The Morgan fingerprint density at radius 3 is 1.51 bits per heavy atom. The molecular formula is C69H89N15O16. The lowest BCUT2D eigenvalue weighted by molar-refractivity contribution is -0.139. The number of anilines is 3. The van der Waals surface area contributed by atoms with E-state index in [2.05, 4.69) is 52.8 Å². The Morgan fingerprint density at radius 2 is 1.01 bits per heavy atom. The number of nitrogens with one attached hydrogen (secondary N) is 3. The zero-order valence-electron chi connectivity index (χ0n) is 56.4. The van der Waals surface area contributed by atoms with Crippen LogP contribution in [-0.2, 0) is 22.4 Å². The minimum Gasteiger partial charge on any atom is -0.481 e. The Hall–Kier alpha value is -9.79. The zero-order chi connectivity index (χ0) is 71.1. The molecule has 3 fully saturated rings. The van der Waals surface area contributed by atoms with Gasteiger partial charge in [0.05, 0.1) is 88.1 Å². The second-order valence-electron chi connectivity index (χ2n) is 25.2. The van der Waals surface area contributed by atoms with E-state index in [1.165, 1.54) is 25.3 Å². The molecule has 0 bridgehead atoms. The molecule has 3 saturated heterocycles. The molecule has 12 rings (SSSR count). The highest BCUT2D eigenvalue weighted by Crippen LogP contribution is 2.36. The molecule has 9 unspecified atom stereocenters. The largest absolute Gasteiger partial charge is 0.481 e. The fourth-order valence-corrected chi connectivity index (χ4v) is 13.2. The zero-order valence-corrected chi connectivity index (χ0v) is 56.4. The van der Waals surface area contributed by atoms with Crippen molar-refractivity contribution < 1.29 is 79.0 Å². The van der Waals surface area contributed by atoms with Crippen molar-refractivity contribution in [1.29, 1.82) is 0 Å². The van der Waals surface area contributed by atoms with Gasteiger partial charge in [-0.1, -0.05) is 43.3 Å². The Bertz CT molecular complexity index is 3770. The van der Waals surface area contributed by atoms with Crippen molar-refractivity contribution in [3.63, 3.8) is 0 Å². The van der Waals surface area contributed by atoms with Gasteiger partial charge in [0, 0.05) is 125 Å². The van der Waals surface area contributed by atoms with E-state index in [4.69, 9.17) is 14.2 Å². The molecule has 12 heterocycles. The standard InChI is InChI=1S/2C23H29N5O6.C23H31N5O4/c1-34-20-7-4-15(13-24-20)17(12-21(31)32)28-11-10-27(23(28)33)9-8-18(29)16-5-2-14-3-6-19(30)26-22(14)25-16;1-34-20-7-4-14(13-24-20)17(11-21(31)32)28-10-9-27(23(28)33)8-2-3-15-5-6-16-18(29)12-19(30)26-22(16)25-15;1-3-18(15-4-7-21(32-2)25-14-15)28-13-12-27(23(28)31)11-9-20(30)17-6-5-16-19(29)8-10-24-22(16)26-17/h2,4-5,7,13,17-19,29-30H,3,6,8-12H2,1H3,(H,25,26)(H,31,32);4-7,13,17-19,29-30H,2-3,8-12H2,1H3,(H,25,26)(H,31,32);4-7,14,18-20,29-30H,3,8-13H2,1-2H3,(H,24,26). The number of hydrogen-bond acceptors (Lipinski definition) is 23. The number of carbonyl (C=O) groups is 5. The number of aromatic nitrogens is 6. The first-order valence-corrected chi connectivity index (χ1v) is 33.7. The molecule has 0 aliphatic carbocycles. The van der Waals surface area contributed by atoms with Crippen molar-refractivity contribution in [1.82, 2.24) is 59.3 Å². The van der Waals surface area contributed by atoms with Gasteiger partial charge in [-0.05, 0) is 91.8 Å². The number of carboxylic acid groups (broad SMARTS) is 2. The van der Waals surface area contributed by atoms with Crippen LogP contribution in [0.15, 0.2) is 91.4 Å². The highest BCUT2D eigenvalue weighted by atomic mass is 16.5. The molecule has 31 nitrogen and oxygen atoms in total. The number of urea groups is 3. The first-order valence-electron chi connectivity index (χ1n) is 33.7. The summed E-state index contributed by atoms with van der Waals surface area (Å²) in [5.41, 5.74) is 6.47. The molecule has 6 aliphatic rings. The van der Waals surface area contributed by atoms with E-state index in [0.717, 1.165) is 28.8 Å². The highest BCUT2D eigenvalue weighted by Gasteiger charge is 2.39. The second kappa shape index (κ2) is 33.8. The number of aliphatic hydroxyl groups is 6. The minimum atomic E-state index is -1.01. The quantitative estimate of drug-likeness (QED) is 0.0309. The number of nitrogens with zero attached hydrogens (tertiary/aromatic N) is 12. The average molecular weight is 1380 g/mol. The molecular weight excluding hydrogens is 1290 g/mol. The molecule has 0 radical (unpaired) electrons. The van der Waals surface area contributed by atoms with Crippen LogP contribution in [0.3, 0.4) is 0 Å². The lowest BCUT2D eigenvalue weighted by Gasteiger charge is -2.27. The predicted molar refractivity (Wildman–Crippen MR) is 362 cm³/mol. The van der Waals surface area contributed by atoms with E-state index in [1.54, 1.807) is 75.5 Å². The maximum Gasteiger partial charge on any atom is 0.320 e. The summed E-state index contributed by atoms with van der Waals surface area (Å²) in [5.74, 6) is 1.05. The second-order valence-corrected chi connectivity index (χ2v) is 25.2. The highest BCUT2D eigenvalue weighted by molar-refractivity contribution is 5.79. The van der Waals surface area contributed by atoms with E-state index < -0.39 is 60.9 Å². The Balaban J connectivity index is 0.000000162. The van der Waals surface area contributed by atoms with Crippen LogP contribution in [-0.4, -0.2) is 229 Å². The van der Waals surface area contributed by atoms with Gasteiger partial charge in [0.25, 0.3) is 0 Å². The maximum atomic E-state index is 13.1. The van der Waals surface area contributed by atoms with Crippen molar-refractivity contribution in [2.75, 3.05) is 103 Å². The molecule has 9 atom stereocenters. The number of fused-ring (bicyclic) bond motifs is 3. The van der Waals surface area contributed by atoms with Crippen molar-refractivity contribution >= 4 is 47.5 Å². The first kappa shape index (κ1) is 72.9. The van der Waals surface area contributed by atoms with Gasteiger partial charge < -0.3 is 100 Å². The molecule has 6 amide bonds. The maximum absolute atomic E-state index is 13.1. The van der Waals surface area contributed by atoms with Crippen LogP contribution < -0.4 is 30.2 Å². The summed E-state index contributed by atoms with van der Waals surface area (Å²) in [6, 6.07) is 19.6. The van der Waals surface area contributed by atoms with Crippen LogP contribution >= 0.6 is 0 Å². The third kappa shape index (κ3) is 18.0. The summed E-state index contributed by atoms with van der Waals surface area (Å²) >= 11 is 0. The molecule has 6 aliphatic heterocycles. The third-order valence-corrected chi connectivity index (χ3v) is 18.7.